The van der Waals surface area contributed by atoms with Gasteiger partial charge in [-0.25, -0.2) is 0 Å². The molecule has 3 heteroatoms. The second kappa shape index (κ2) is 6.83. The molecule has 0 radical (unpaired) electrons. The van der Waals surface area contributed by atoms with Crippen molar-refractivity contribution in [3.63, 3.8) is 0 Å². The topological polar surface area (TPSA) is 41.1 Å². The highest BCUT2D eigenvalue weighted by Gasteiger charge is 2.15. The highest BCUT2D eigenvalue weighted by molar-refractivity contribution is 5.81. The molecule has 0 aliphatic rings. The van der Waals surface area contributed by atoms with Crippen molar-refractivity contribution in [1.82, 2.24) is 10.6 Å². The van der Waals surface area contributed by atoms with Gasteiger partial charge in [0.25, 0.3) is 0 Å². The van der Waals surface area contributed by atoms with Gasteiger partial charge < -0.3 is 5.32 Å². The Labute approximate surface area is 109 Å². The third-order valence-corrected chi connectivity index (χ3v) is 2.84. The zero-order valence-corrected chi connectivity index (χ0v) is 11.2. The standard InChI is InChI=1S/C15H20N2O/c1-5-10-16-15(18)13(4)17-12(3)14-8-6-11(2)7-9-14/h1,6-9,12-13,17H,10H2,2-4H3,(H,16,18)/t12-,13?/m1/s1. The van der Waals surface area contributed by atoms with Gasteiger partial charge in [0.15, 0.2) is 0 Å². The molecule has 0 saturated heterocycles. The molecule has 0 aliphatic carbocycles. The van der Waals surface area contributed by atoms with Crippen LogP contribution in [0.25, 0.3) is 0 Å². The van der Waals surface area contributed by atoms with E-state index in [0.717, 1.165) is 5.56 Å². The van der Waals surface area contributed by atoms with Gasteiger partial charge in [-0.3, -0.25) is 10.1 Å². The van der Waals surface area contributed by atoms with Crippen LogP contribution in [0.2, 0.25) is 0 Å². The molecule has 0 aliphatic heterocycles. The Balaban J connectivity index is 2.54. The molecule has 0 spiro atoms. The minimum absolute atomic E-state index is 0.0769. The summed E-state index contributed by atoms with van der Waals surface area (Å²) >= 11 is 0. The van der Waals surface area contributed by atoms with Crippen LogP contribution in [0.1, 0.15) is 31.0 Å². The molecule has 0 aromatic heterocycles. The number of rotatable bonds is 5. The minimum Gasteiger partial charge on any atom is -0.344 e. The van der Waals surface area contributed by atoms with E-state index in [2.05, 4.69) is 47.7 Å². The van der Waals surface area contributed by atoms with E-state index in [1.54, 1.807) is 0 Å². The van der Waals surface area contributed by atoms with Crippen LogP contribution in [-0.4, -0.2) is 18.5 Å². The van der Waals surface area contributed by atoms with E-state index in [1.807, 2.05) is 13.8 Å². The molecule has 0 bridgehead atoms. The first-order valence-corrected chi connectivity index (χ1v) is 6.08. The summed E-state index contributed by atoms with van der Waals surface area (Å²) in [5.41, 5.74) is 2.39. The molecule has 1 aromatic carbocycles. The monoisotopic (exact) mass is 244 g/mol. The number of aryl methyl sites for hydroxylation is 1. The Morgan fingerprint density at radius 3 is 2.50 bits per heavy atom. The molecular weight excluding hydrogens is 224 g/mol. The van der Waals surface area contributed by atoms with Gasteiger partial charge in [-0.2, -0.15) is 0 Å². The van der Waals surface area contributed by atoms with E-state index in [4.69, 9.17) is 6.42 Å². The fourth-order valence-corrected chi connectivity index (χ4v) is 1.69. The highest BCUT2D eigenvalue weighted by atomic mass is 16.2. The van der Waals surface area contributed by atoms with Crippen LogP contribution >= 0.6 is 0 Å². The number of benzene rings is 1. The Kier molecular flexibility index (Phi) is 5.41. The van der Waals surface area contributed by atoms with Crippen LogP contribution < -0.4 is 10.6 Å². The molecular formula is C15H20N2O. The fraction of sp³-hybridized carbons (Fsp3) is 0.400. The number of hydrogen-bond acceptors (Lipinski definition) is 2. The molecule has 3 nitrogen and oxygen atoms in total. The van der Waals surface area contributed by atoms with Gasteiger partial charge in [-0.05, 0) is 26.3 Å². The number of hydrogen-bond donors (Lipinski definition) is 2. The van der Waals surface area contributed by atoms with E-state index in [0.29, 0.717) is 0 Å². The summed E-state index contributed by atoms with van der Waals surface area (Å²) in [7, 11) is 0. The first-order chi connectivity index (χ1) is 8.54. The lowest BCUT2D eigenvalue weighted by Gasteiger charge is -2.19. The van der Waals surface area contributed by atoms with Crippen molar-refractivity contribution in [2.75, 3.05) is 6.54 Å². The lowest BCUT2D eigenvalue weighted by Crippen LogP contribution is -2.43. The summed E-state index contributed by atoms with van der Waals surface area (Å²) in [6.45, 7) is 6.19. The zero-order valence-electron chi connectivity index (χ0n) is 11.2. The van der Waals surface area contributed by atoms with Crippen LogP contribution in [0.5, 0.6) is 0 Å². The predicted octanol–water partition coefficient (Wildman–Crippen LogP) is 1.78. The molecule has 2 atom stereocenters. The summed E-state index contributed by atoms with van der Waals surface area (Å²) in [4.78, 5) is 11.7. The lowest BCUT2D eigenvalue weighted by molar-refractivity contribution is -0.122. The third kappa shape index (κ3) is 4.23. The maximum atomic E-state index is 11.7. The minimum atomic E-state index is -0.269. The van der Waals surface area contributed by atoms with Gasteiger partial charge in [0.1, 0.15) is 0 Å². The van der Waals surface area contributed by atoms with Crippen molar-refractivity contribution >= 4 is 5.91 Å². The van der Waals surface area contributed by atoms with Crippen LogP contribution in [0.4, 0.5) is 0 Å². The van der Waals surface area contributed by atoms with Gasteiger partial charge in [-0.15, -0.1) is 6.42 Å². The normalized spacial score (nSPS) is 13.4. The summed E-state index contributed by atoms with van der Waals surface area (Å²) in [6.07, 6.45) is 5.10. The maximum Gasteiger partial charge on any atom is 0.237 e. The van der Waals surface area contributed by atoms with Crippen LogP contribution in [-0.2, 0) is 4.79 Å². The summed E-state index contributed by atoms with van der Waals surface area (Å²) in [5.74, 6) is 2.31. The second-order valence-corrected chi connectivity index (χ2v) is 4.44. The van der Waals surface area contributed by atoms with Crippen molar-refractivity contribution in [3.05, 3.63) is 35.4 Å². The molecule has 2 N–H and O–H groups in total. The van der Waals surface area contributed by atoms with Gasteiger partial charge in [0.05, 0.1) is 12.6 Å². The van der Waals surface area contributed by atoms with Crippen LogP contribution in [0.3, 0.4) is 0 Å². The number of carbonyl (C=O) groups excluding carboxylic acids is 1. The number of terminal acetylenes is 1. The quantitative estimate of drug-likeness (QED) is 0.775. The molecule has 1 amide bonds. The fourth-order valence-electron chi connectivity index (χ4n) is 1.69. The van der Waals surface area contributed by atoms with E-state index < -0.39 is 0 Å². The van der Waals surface area contributed by atoms with Crippen LogP contribution in [0, 0.1) is 19.3 Å². The van der Waals surface area contributed by atoms with Gasteiger partial charge in [0.2, 0.25) is 5.91 Å². The van der Waals surface area contributed by atoms with Crippen molar-refractivity contribution < 1.29 is 4.79 Å². The predicted molar refractivity (Wildman–Crippen MR) is 74.0 cm³/mol. The first-order valence-electron chi connectivity index (χ1n) is 6.08. The van der Waals surface area contributed by atoms with E-state index >= 15 is 0 Å². The SMILES string of the molecule is C#CCNC(=O)C(C)N[C@H](C)c1ccc(C)cc1. The maximum absolute atomic E-state index is 11.7. The van der Waals surface area contributed by atoms with Gasteiger partial charge >= 0.3 is 0 Å². The Morgan fingerprint density at radius 1 is 1.33 bits per heavy atom. The van der Waals surface area contributed by atoms with Crippen molar-refractivity contribution in [2.24, 2.45) is 0 Å². The van der Waals surface area contributed by atoms with Crippen molar-refractivity contribution in [1.29, 1.82) is 0 Å². The highest BCUT2D eigenvalue weighted by Crippen LogP contribution is 2.13. The molecule has 0 fully saturated rings. The van der Waals surface area contributed by atoms with Crippen molar-refractivity contribution in [2.45, 2.75) is 32.9 Å². The smallest absolute Gasteiger partial charge is 0.237 e. The molecule has 1 aromatic rings. The Hall–Kier alpha value is -1.79. The molecule has 96 valence electrons. The molecule has 1 unspecified atom stereocenters. The zero-order chi connectivity index (χ0) is 13.5. The number of nitrogens with one attached hydrogen (secondary N) is 2. The van der Waals surface area contributed by atoms with Crippen LogP contribution in [0.15, 0.2) is 24.3 Å². The first kappa shape index (κ1) is 14.3. The molecule has 18 heavy (non-hydrogen) atoms. The average Bonchev–Trinajstić information content (AvgIpc) is 2.36. The second-order valence-electron chi connectivity index (χ2n) is 4.44. The van der Waals surface area contributed by atoms with E-state index in [9.17, 15) is 4.79 Å². The van der Waals surface area contributed by atoms with E-state index in [1.165, 1.54) is 5.56 Å². The lowest BCUT2D eigenvalue weighted by atomic mass is 10.1. The molecule has 1 rings (SSSR count). The van der Waals surface area contributed by atoms with Gasteiger partial charge in [0, 0.05) is 6.04 Å². The summed E-state index contributed by atoms with van der Waals surface area (Å²) in [6, 6.07) is 8.12. The summed E-state index contributed by atoms with van der Waals surface area (Å²) in [5, 5.41) is 5.90. The summed E-state index contributed by atoms with van der Waals surface area (Å²) < 4.78 is 0. The third-order valence-electron chi connectivity index (χ3n) is 2.84. The Morgan fingerprint density at radius 2 is 1.94 bits per heavy atom. The molecule has 0 saturated carbocycles. The van der Waals surface area contributed by atoms with E-state index in [-0.39, 0.29) is 24.5 Å². The Bertz CT molecular complexity index is 431. The molecule has 0 heterocycles. The number of amides is 1. The van der Waals surface area contributed by atoms with Crippen molar-refractivity contribution in [3.8, 4) is 12.3 Å². The van der Waals surface area contributed by atoms with Gasteiger partial charge in [-0.1, -0.05) is 35.7 Å². The largest absolute Gasteiger partial charge is 0.344 e. The number of carbonyl (C=O) groups is 1. The average molecular weight is 244 g/mol.